The van der Waals surface area contributed by atoms with Gasteiger partial charge in [0.05, 0.1) is 4.70 Å². The Morgan fingerprint density at radius 1 is 1.18 bits per heavy atom. The highest BCUT2D eigenvalue weighted by Crippen LogP contribution is 2.19. The van der Waals surface area contributed by atoms with Crippen LogP contribution in [0.5, 0.6) is 0 Å². The Morgan fingerprint density at radius 2 is 2.00 bits per heavy atom. The maximum Gasteiger partial charge on any atom is 0.0551 e. The Labute approximate surface area is 109 Å². The van der Waals surface area contributed by atoms with Gasteiger partial charge in [0.15, 0.2) is 0 Å². The summed E-state index contributed by atoms with van der Waals surface area (Å²) in [7, 11) is 0. The van der Waals surface area contributed by atoms with E-state index >= 15 is 0 Å². The quantitative estimate of drug-likeness (QED) is 0.615. The molecule has 0 aliphatic heterocycles. The molecular formula is C13H14N2S2. The van der Waals surface area contributed by atoms with Crippen molar-refractivity contribution in [3.05, 3.63) is 46.3 Å². The highest BCUT2D eigenvalue weighted by molar-refractivity contribution is 7.13. The predicted molar refractivity (Wildman–Crippen MR) is 77.8 cm³/mol. The molecule has 0 fully saturated rings. The van der Waals surface area contributed by atoms with Crippen LogP contribution in [0.25, 0.3) is 10.1 Å². The Bertz CT molecular complexity index is 594. The number of rotatable bonds is 0. The number of nitrogens with two attached hydrogens (primary N) is 1. The molecule has 17 heavy (non-hydrogen) atoms. The van der Waals surface area contributed by atoms with E-state index in [0.717, 1.165) is 11.1 Å². The molecule has 0 amide bonds. The SMILES string of the molecule is Cc1ccsc1C.Nc1ccc2sncc2c1. The van der Waals surface area contributed by atoms with E-state index in [9.17, 15) is 0 Å². The number of fused-ring (bicyclic) bond motifs is 1. The molecule has 88 valence electrons. The lowest BCUT2D eigenvalue weighted by Gasteiger charge is -1.89. The van der Waals surface area contributed by atoms with Crippen molar-refractivity contribution in [2.24, 2.45) is 0 Å². The van der Waals surface area contributed by atoms with Gasteiger partial charge in [-0.25, -0.2) is 0 Å². The Kier molecular flexibility index (Phi) is 3.76. The first-order valence-electron chi connectivity index (χ1n) is 5.27. The van der Waals surface area contributed by atoms with Gasteiger partial charge in [0.1, 0.15) is 0 Å². The van der Waals surface area contributed by atoms with Gasteiger partial charge in [0, 0.05) is 22.1 Å². The van der Waals surface area contributed by atoms with E-state index in [-0.39, 0.29) is 0 Å². The molecule has 0 radical (unpaired) electrons. The minimum atomic E-state index is 0.799. The van der Waals surface area contributed by atoms with Crippen molar-refractivity contribution in [1.29, 1.82) is 0 Å². The van der Waals surface area contributed by atoms with E-state index in [1.807, 2.05) is 24.4 Å². The maximum atomic E-state index is 5.56. The first-order valence-corrected chi connectivity index (χ1v) is 6.93. The zero-order valence-corrected chi connectivity index (χ0v) is 11.4. The van der Waals surface area contributed by atoms with Gasteiger partial charge in [-0.2, -0.15) is 4.37 Å². The minimum Gasteiger partial charge on any atom is -0.399 e. The first kappa shape index (κ1) is 12.1. The van der Waals surface area contributed by atoms with Crippen LogP contribution in [0.3, 0.4) is 0 Å². The third kappa shape index (κ3) is 3.05. The van der Waals surface area contributed by atoms with E-state index in [1.54, 1.807) is 11.3 Å². The minimum absolute atomic E-state index is 0.799. The van der Waals surface area contributed by atoms with Gasteiger partial charge >= 0.3 is 0 Å². The molecule has 1 aromatic carbocycles. The molecule has 0 atom stereocenters. The summed E-state index contributed by atoms with van der Waals surface area (Å²) in [6.45, 7) is 4.27. The molecule has 3 rings (SSSR count). The lowest BCUT2D eigenvalue weighted by atomic mass is 10.2. The normalized spacial score (nSPS) is 10.0. The monoisotopic (exact) mass is 262 g/mol. The zero-order chi connectivity index (χ0) is 12.3. The Hall–Kier alpha value is -1.39. The van der Waals surface area contributed by atoms with Crippen molar-refractivity contribution in [2.75, 3.05) is 5.73 Å². The highest BCUT2D eigenvalue weighted by Gasteiger charge is 1.93. The fourth-order valence-electron chi connectivity index (χ4n) is 1.34. The number of aryl methyl sites for hydroxylation is 2. The molecule has 3 aromatic rings. The van der Waals surface area contributed by atoms with Crippen LogP contribution in [0.4, 0.5) is 5.69 Å². The summed E-state index contributed by atoms with van der Waals surface area (Å²) in [5.74, 6) is 0. The largest absolute Gasteiger partial charge is 0.399 e. The summed E-state index contributed by atoms with van der Waals surface area (Å²) < 4.78 is 5.22. The number of aromatic nitrogens is 1. The van der Waals surface area contributed by atoms with E-state index in [1.165, 1.54) is 26.7 Å². The molecule has 4 heteroatoms. The Balaban J connectivity index is 0.000000136. The summed E-state index contributed by atoms with van der Waals surface area (Å²) in [4.78, 5) is 1.43. The topological polar surface area (TPSA) is 38.9 Å². The second-order valence-corrected chi connectivity index (χ2v) is 5.74. The van der Waals surface area contributed by atoms with Crippen molar-refractivity contribution in [1.82, 2.24) is 4.37 Å². The third-order valence-corrected chi connectivity index (χ3v) is 4.22. The van der Waals surface area contributed by atoms with Gasteiger partial charge in [-0.15, -0.1) is 11.3 Å². The summed E-state index contributed by atoms with van der Waals surface area (Å²) in [5, 5.41) is 3.25. The number of nitrogen functional groups attached to an aromatic ring is 1. The Morgan fingerprint density at radius 3 is 2.59 bits per heavy atom. The van der Waals surface area contributed by atoms with E-state index < -0.39 is 0 Å². The van der Waals surface area contributed by atoms with Crippen molar-refractivity contribution in [3.63, 3.8) is 0 Å². The smallest absolute Gasteiger partial charge is 0.0551 e. The van der Waals surface area contributed by atoms with Gasteiger partial charge in [-0.3, -0.25) is 0 Å². The van der Waals surface area contributed by atoms with E-state index in [4.69, 9.17) is 5.73 Å². The molecule has 2 nitrogen and oxygen atoms in total. The molecular weight excluding hydrogens is 248 g/mol. The van der Waals surface area contributed by atoms with Crippen LogP contribution < -0.4 is 5.73 Å². The van der Waals surface area contributed by atoms with Crippen LogP contribution in [0.2, 0.25) is 0 Å². The molecule has 0 spiro atoms. The number of anilines is 1. The van der Waals surface area contributed by atoms with Crippen LogP contribution in [0, 0.1) is 13.8 Å². The summed E-state index contributed by atoms with van der Waals surface area (Å²) in [5.41, 5.74) is 7.77. The number of benzene rings is 1. The summed E-state index contributed by atoms with van der Waals surface area (Å²) in [6.07, 6.45) is 1.83. The van der Waals surface area contributed by atoms with Gasteiger partial charge in [-0.1, -0.05) is 0 Å². The van der Waals surface area contributed by atoms with E-state index in [0.29, 0.717) is 0 Å². The van der Waals surface area contributed by atoms with Gasteiger partial charge in [0.25, 0.3) is 0 Å². The molecule has 0 saturated carbocycles. The molecule has 0 bridgehead atoms. The standard InChI is InChI=1S/C7H6N2S.C6H8S/c8-6-1-2-7-5(3-6)4-9-10-7;1-5-3-4-7-6(5)2/h1-4H,8H2;3-4H,1-2H3. The second kappa shape index (κ2) is 5.29. The molecule has 2 N–H and O–H groups in total. The van der Waals surface area contributed by atoms with Gasteiger partial charge < -0.3 is 5.73 Å². The lowest BCUT2D eigenvalue weighted by molar-refractivity contribution is 1.44. The third-order valence-electron chi connectivity index (χ3n) is 2.49. The summed E-state index contributed by atoms with van der Waals surface area (Å²) >= 11 is 3.29. The van der Waals surface area contributed by atoms with Crippen molar-refractivity contribution < 1.29 is 0 Å². The average molecular weight is 262 g/mol. The number of hydrogen-bond donors (Lipinski definition) is 1. The van der Waals surface area contributed by atoms with Crippen LogP contribution in [-0.4, -0.2) is 4.37 Å². The average Bonchev–Trinajstić information content (AvgIpc) is 2.89. The molecule has 2 heterocycles. The van der Waals surface area contributed by atoms with Gasteiger partial charge in [0.2, 0.25) is 0 Å². The van der Waals surface area contributed by atoms with Crippen LogP contribution in [0.15, 0.2) is 35.8 Å². The van der Waals surface area contributed by atoms with Crippen molar-refractivity contribution in [3.8, 4) is 0 Å². The second-order valence-electron chi connectivity index (χ2n) is 3.78. The molecule has 2 aromatic heterocycles. The molecule has 0 unspecified atom stereocenters. The molecule has 0 saturated heterocycles. The zero-order valence-electron chi connectivity index (χ0n) is 9.81. The van der Waals surface area contributed by atoms with Crippen molar-refractivity contribution in [2.45, 2.75) is 13.8 Å². The predicted octanol–water partition coefficient (Wildman–Crippen LogP) is 4.24. The van der Waals surface area contributed by atoms with Crippen molar-refractivity contribution >= 4 is 38.6 Å². The number of thiophene rings is 1. The molecule has 0 aliphatic rings. The lowest BCUT2D eigenvalue weighted by Crippen LogP contribution is -1.80. The first-order chi connectivity index (χ1) is 8.16. The fourth-order valence-corrected chi connectivity index (χ4v) is 2.70. The number of nitrogens with zero attached hydrogens (tertiary/aromatic N) is 1. The number of hydrogen-bond acceptors (Lipinski definition) is 4. The summed E-state index contributed by atoms with van der Waals surface area (Å²) in [6, 6.07) is 7.95. The maximum absolute atomic E-state index is 5.56. The van der Waals surface area contributed by atoms with Crippen LogP contribution in [0.1, 0.15) is 10.4 Å². The van der Waals surface area contributed by atoms with E-state index in [2.05, 4.69) is 29.7 Å². The molecule has 0 aliphatic carbocycles. The fraction of sp³-hybridized carbons (Fsp3) is 0.154. The van der Waals surface area contributed by atoms with Crippen LogP contribution >= 0.6 is 22.9 Å². The van der Waals surface area contributed by atoms with Crippen LogP contribution in [-0.2, 0) is 0 Å². The van der Waals surface area contributed by atoms with Gasteiger partial charge in [-0.05, 0) is 60.6 Å². The highest BCUT2D eigenvalue weighted by atomic mass is 32.1.